The fourth-order valence-electron chi connectivity index (χ4n) is 2.47. The molecule has 7 heteroatoms. The summed E-state index contributed by atoms with van der Waals surface area (Å²) in [7, 11) is -3.44. The van der Waals surface area contributed by atoms with E-state index in [0.717, 1.165) is 31.9 Å². The van der Waals surface area contributed by atoms with Crippen LogP contribution >= 0.6 is 0 Å². The van der Waals surface area contributed by atoms with Gasteiger partial charge in [0.25, 0.3) is 0 Å². The molecular weight excluding hydrogens is 266 g/mol. The molecule has 1 aliphatic carbocycles. The van der Waals surface area contributed by atoms with Crippen LogP contribution in [0.15, 0.2) is 0 Å². The number of nitriles is 1. The quantitative estimate of drug-likeness (QED) is 0.695. The number of rotatable bonds is 6. The van der Waals surface area contributed by atoms with Gasteiger partial charge in [-0.15, -0.1) is 0 Å². The van der Waals surface area contributed by atoms with E-state index in [1.807, 2.05) is 6.07 Å². The van der Waals surface area contributed by atoms with Crippen molar-refractivity contribution in [2.75, 3.05) is 12.8 Å². The molecule has 0 bridgehead atoms. The van der Waals surface area contributed by atoms with E-state index < -0.39 is 22.0 Å². The molecule has 0 heterocycles. The molecule has 108 valence electrons. The maximum atomic E-state index is 11.9. The highest BCUT2D eigenvalue weighted by atomic mass is 32.2. The van der Waals surface area contributed by atoms with Crippen LogP contribution in [0.1, 0.15) is 38.5 Å². The second-order valence-corrected chi connectivity index (χ2v) is 6.84. The molecule has 0 aromatic heterocycles. The van der Waals surface area contributed by atoms with E-state index >= 15 is 0 Å². The van der Waals surface area contributed by atoms with E-state index in [0.29, 0.717) is 12.3 Å². The molecule has 1 unspecified atom stereocenters. The molecule has 1 fully saturated rings. The summed E-state index contributed by atoms with van der Waals surface area (Å²) in [6.45, 7) is -0.106. The molecule has 1 aliphatic rings. The molecule has 0 aromatic rings. The third-order valence-corrected chi connectivity index (χ3v) is 4.02. The van der Waals surface area contributed by atoms with Crippen molar-refractivity contribution in [3.8, 4) is 6.07 Å². The molecule has 0 spiro atoms. The van der Waals surface area contributed by atoms with Gasteiger partial charge in [0.2, 0.25) is 15.9 Å². The molecule has 6 nitrogen and oxygen atoms in total. The summed E-state index contributed by atoms with van der Waals surface area (Å²) in [5.74, 6) is -0.0432. The lowest BCUT2D eigenvalue weighted by molar-refractivity contribution is -0.122. The average Bonchev–Trinajstić information content (AvgIpc) is 2.35. The Hall–Kier alpha value is -1.13. The van der Waals surface area contributed by atoms with Gasteiger partial charge in [0.1, 0.15) is 12.6 Å². The molecule has 0 aliphatic heterocycles. The normalized spacial score (nSPS) is 18.5. The minimum absolute atomic E-state index is 0.106. The zero-order chi connectivity index (χ0) is 14.3. The number of hydrogen-bond donors (Lipinski definition) is 2. The van der Waals surface area contributed by atoms with Gasteiger partial charge in [-0.25, -0.2) is 13.1 Å². The van der Waals surface area contributed by atoms with Gasteiger partial charge in [-0.05, 0) is 12.3 Å². The predicted octanol–water partition coefficient (Wildman–Crippen LogP) is 0.514. The van der Waals surface area contributed by atoms with Gasteiger partial charge >= 0.3 is 0 Å². The predicted molar refractivity (Wildman–Crippen MR) is 71.6 cm³/mol. The highest BCUT2D eigenvalue weighted by Crippen LogP contribution is 2.27. The molecule has 1 amide bonds. The Kier molecular flexibility index (Phi) is 6.25. The topological polar surface area (TPSA) is 99.1 Å². The lowest BCUT2D eigenvalue weighted by atomic mass is 9.85. The highest BCUT2D eigenvalue weighted by molar-refractivity contribution is 7.88. The zero-order valence-corrected chi connectivity index (χ0v) is 12.0. The minimum atomic E-state index is -3.44. The number of amides is 1. The fraction of sp³-hybridized carbons (Fsp3) is 0.833. The van der Waals surface area contributed by atoms with Crippen LogP contribution < -0.4 is 10.0 Å². The Labute approximate surface area is 114 Å². The van der Waals surface area contributed by atoms with Crippen molar-refractivity contribution in [3.05, 3.63) is 0 Å². The molecule has 1 saturated carbocycles. The van der Waals surface area contributed by atoms with Gasteiger partial charge in [0.05, 0.1) is 12.3 Å². The maximum Gasteiger partial charge on any atom is 0.239 e. The summed E-state index contributed by atoms with van der Waals surface area (Å²) in [6, 6.07) is 1.04. The van der Waals surface area contributed by atoms with Gasteiger partial charge in [-0.3, -0.25) is 4.79 Å². The van der Waals surface area contributed by atoms with E-state index in [2.05, 4.69) is 10.0 Å². The van der Waals surface area contributed by atoms with Gasteiger partial charge < -0.3 is 5.32 Å². The van der Waals surface area contributed by atoms with E-state index in [1.54, 1.807) is 0 Å². The Bertz CT molecular complexity index is 436. The average molecular weight is 287 g/mol. The van der Waals surface area contributed by atoms with Gasteiger partial charge in [-0.2, -0.15) is 5.26 Å². The molecule has 0 aromatic carbocycles. The third kappa shape index (κ3) is 6.55. The van der Waals surface area contributed by atoms with E-state index in [1.165, 1.54) is 6.42 Å². The second-order valence-electron chi connectivity index (χ2n) is 5.06. The van der Waals surface area contributed by atoms with Crippen molar-refractivity contribution in [3.63, 3.8) is 0 Å². The number of sulfonamides is 1. The molecule has 2 N–H and O–H groups in total. The first-order chi connectivity index (χ1) is 8.92. The first kappa shape index (κ1) is 15.9. The standard InChI is InChI=1S/C12H21N3O3S/c1-19(17,18)15-11(12(16)14-8-7-13)9-10-5-3-2-4-6-10/h10-11,15H,2-6,8-9H2,1H3,(H,14,16). The van der Waals surface area contributed by atoms with Crippen molar-refractivity contribution in [2.45, 2.75) is 44.6 Å². The monoisotopic (exact) mass is 287 g/mol. The molecule has 0 radical (unpaired) electrons. The summed E-state index contributed by atoms with van der Waals surface area (Å²) in [6.07, 6.45) is 7.09. The van der Waals surface area contributed by atoms with Crippen LogP contribution in [0.3, 0.4) is 0 Å². The number of hydrogen-bond acceptors (Lipinski definition) is 4. The van der Waals surface area contributed by atoms with E-state index in [-0.39, 0.29) is 6.54 Å². The first-order valence-corrected chi connectivity index (χ1v) is 8.43. The van der Waals surface area contributed by atoms with Crippen LogP contribution in [0.5, 0.6) is 0 Å². The molecule has 1 atom stereocenters. The van der Waals surface area contributed by atoms with Crippen molar-refractivity contribution in [2.24, 2.45) is 5.92 Å². The van der Waals surface area contributed by atoms with Crippen LogP contribution in [0.4, 0.5) is 0 Å². The van der Waals surface area contributed by atoms with Crippen molar-refractivity contribution in [1.29, 1.82) is 5.26 Å². The Balaban J connectivity index is 2.62. The summed E-state index contributed by atoms with van der Waals surface area (Å²) < 4.78 is 25.0. The number of carbonyl (C=O) groups is 1. The summed E-state index contributed by atoms with van der Waals surface area (Å²) in [5, 5.41) is 10.9. The van der Waals surface area contributed by atoms with Crippen molar-refractivity contribution in [1.82, 2.24) is 10.0 Å². The van der Waals surface area contributed by atoms with Crippen molar-refractivity contribution >= 4 is 15.9 Å². The second kappa shape index (κ2) is 7.46. The van der Waals surface area contributed by atoms with Gasteiger partial charge in [0.15, 0.2) is 0 Å². The smallest absolute Gasteiger partial charge is 0.239 e. The van der Waals surface area contributed by atoms with E-state index in [9.17, 15) is 13.2 Å². The number of carbonyl (C=O) groups excluding carboxylic acids is 1. The Morgan fingerprint density at radius 2 is 2.00 bits per heavy atom. The number of nitrogens with zero attached hydrogens (tertiary/aromatic N) is 1. The third-order valence-electron chi connectivity index (χ3n) is 3.31. The molecule has 1 rings (SSSR count). The Morgan fingerprint density at radius 1 is 1.37 bits per heavy atom. The van der Waals surface area contributed by atoms with Gasteiger partial charge in [0, 0.05) is 0 Å². The first-order valence-electron chi connectivity index (χ1n) is 6.54. The SMILES string of the molecule is CS(=O)(=O)NC(CC1CCCCC1)C(=O)NCC#N. The fourth-order valence-corrected chi connectivity index (χ4v) is 3.19. The zero-order valence-electron chi connectivity index (χ0n) is 11.2. The van der Waals surface area contributed by atoms with Crippen LogP contribution in [-0.4, -0.2) is 33.2 Å². The van der Waals surface area contributed by atoms with Gasteiger partial charge in [-0.1, -0.05) is 32.1 Å². The lowest BCUT2D eigenvalue weighted by Gasteiger charge is -2.25. The van der Waals surface area contributed by atoms with Crippen molar-refractivity contribution < 1.29 is 13.2 Å². The highest BCUT2D eigenvalue weighted by Gasteiger charge is 2.26. The molecule has 19 heavy (non-hydrogen) atoms. The van der Waals surface area contributed by atoms with E-state index in [4.69, 9.17) is 5.26 Å². The summed E-state index contributed by atoms with van der Waals surface area (Å²) >= 11 is 0. The van der Waals surface area contributed by atoms with Crippen LogP contribution in [0.2, 0.25) is 0 Å². The molecule has 0 saturated heterocycles. The summed E-state index contributed by atoms with van der Waals surface area (Å²) in [4.78, 5) is 11.9. The van der Waals surface area contributed by atoms with Crippen LogP contribution in [-0.2, 0) is 14.8 Å². The largest absolute Gasteiger partial charge is 0.342 e. The van der Waals surface area contributed by atoms with Crippen LogP contribution in [0, 0.1) is 17.2 Å². The summed E-state index contributed by atoms with van der Waals surface area (Å²) in [5.41, 5.74) is 0. The Morgan fingerprint density at radius 3 is 2.53 bits per heavy atom. The minimum Gasteiger partial charge on any atom is -0.342 e. The molecular formula is C12H21N3O3S. The van der Waals surface area contributed by atoms with Crippen LogP contribution in [0.25, 0.3) is 0 Å². The maximum absolute atomic E-state index is 11.9. The number of nitrogens with one attached hydrogen (secondary N) is 2. The lowest BCUT2D eigenvalue weighted by Crippen LogP contribution is -2.47.